The van der Waals surface area contributed by atoms with Crippen LogP contribution in [0.2, 0.25) is 0 Å². The van der Waals surface area contributed by atoms with Crippen molar-refractivity contribution in [2.45, 2.75) is 31.9 Å². The largest absolute Gasteiger partial charge is 0.372 e. The van der Waals surface area contributed by atoms with Gasteiger partial charge in [0, 0.05) is 0 Å². The minimum atomic E-state index is -0.372. The first-order valence-corrected chi connectivity index (χ1v) is 9.75. The normalized spacial score (nSPS) is 23.0. The molecule has 1 nitrogen and oxygen atoms in total. The summed E-state index contributed by atoms with van der Waals surface area (Å²) in [5.74, 6) is 0. The van der Waals surface area contributed by atoms with Crippen molar-refractivity contribution >= 4 is 40.2 Å². The van der Waals surface area contributed by atoms with Gasteiger partial charge in [0.05, 0.1) is 11.6 Å². The Balaban J connectivity index is 1.86. The van der Waals surface area contributed by atoms with Crippen LogP contribution in [0.5, 0.6) is 0 Å². The van der Waals surface area contributed by atoms with Crippen molar-refractivity contribution in [1.29, 1.82) is 0 Å². The first-order valence-electron chi connectivity index (χ1n) is 9.75. The van der Waals surface area contributed by atoms with E-state index in [1.54, 1.807) is 0 Å². The zero-order valence-corrected chi connectivity index (χ0v) is 16.1. The quantitative estimate of drug-likeness (QED) is 0.244. The van der Waals surface area contributed by atoms with Gasteiger partial charge in [-0.1, -0.05) is 72.3 Å². The molecule has 2 atom stereocenters. The highest BCUT2D eigenvalue weighted by Gasteiger charge is 2.31. The van der Waals surface area contributed by atoms with Crippen molar-refractivity contribution in [2.75, 3.05) is 0 Å². The smallest absolute Gasteiger partial charge is 0.154 e. The molecule has 0 bridgehead atoms. The van der Waals surface area contributed by atoms with Crippen LogP contribution in [0.25, 0.3) is 32.3 Å². The fourth-order valence-electron chi connectivity index (χ4n) is 4.84. The second-order valence-corrected chi connectivity index (χ2v) is 8.08. The van der Waals surface area contributed by atoms with Crippen molar-refractivity contribution in [3.05, 3.63) is 83.9 Å². The van der Waals surface area contributed by atoms with E-state index in [0.29, 0.717) is 0 Å². The second-order valence-electron chi connectivity index (χ2n) is 8.08. The molecule has 0 spiro atoms. The van der Waals surface area contributed by atoms with Gasteiger partial charge in [0.2, 0.25) is 0 Å². The molecule has 0 N–H and O–H groups in total. The standard InChI is InChI=1S/C25H23BO/c1-16-13-17(2)27-25(26,15-16)18-11-12-23-21-9-4-3-7-19(21)20-8-5-6-10-22(20)24(23)14-18/h3-12,14-15,17H,13,26H2,1-2H3. The Bertz CT molecular complexity index is 1190. The van der Waals surface area contributed by atoms with Crippen LogP contribution >= 0.6 is 0 Å². The zero-order valence-electron chi connectivity index (χ0n) is 16.1. The third kappa shape index (κ3) is 2.59. The zero-order chi connectivity index (χ0) is 18.6. The van der Waals surface area contributed by atoms with Gasteiger partial charge in [0.15, 0.2) is 7.85 Å². The maximum absolute atomic E-state index is 6.40. The molecule has 0 radical (unpaired) electrons. The van der Waals surface area contributed by atoms with Gasteiger partial charge < -0.3 is 4.74 Å². The molecule has 0 aromatic heterocycles. The van der Waals surface area contributed by atoms with E-state index in [4.69, 9.17) is 4.74 Å². The van der Waals surface area contributed by atoms with E-state index in [1.807, 2.05) is 0 Å². The SMILES string of the molecule is BC1(c2ccc3c4ccccc4c4ccccc4c3c2)C=C(C)CC(C)O1. The molecule has 1 aliphatic heterocycles. The van der Waals surface area contributed by atoms with Crippen molar-refractivity contribution < 1.29 is 4.74 Å². The van der Waals surface area contributed by atoms with Crippen LogP contribution in [-0.2, 0) is 10.2 Å². The lowest BCUT2D eigenvalue weighted by Gasteiger charge is -2.36. The van der Waals surface area contributed by atoms with Gasteiger partial charge in [-0.05, 0) is 64.2 Å². The van der Waals surface area contributed by atoms with Crippen LogP contribution < -0.4 is 0 Å². The Hall–Kier alpha value is -2.58. The second kappa shape index (κ2) is 5.97. The Kier molecular flexibility index (Phi) is 3.67. The molecule has 0 fully saturated rings. The van der Waals surface area contributed by atoms with E-state index < -0.39 is 0 Å². The third-order valence-corrected chi connectivity index (χ3v) is 5.89. The molecule has 0 saturated heterocycles. The number of benzene rings is 4. The summed E-state index contributed by atoms with van der Waals surface area (Å²) in [6, 6.07) is 24.3. The summed E-state index contributed by atoms with van der Waals surface area (Å²) in [6.45, 7) is 4.37. The highest BCUT2D eigenvalue weighted by Crippen LogP contribution is 2.39. The van der Waals surface area contributed by atoms with E-state index in [9.17, 15) is 0 Å². The molecule has 132 valence electrons. The monoisotopic (exact) mass is 350 g/mol. The van der Waals surface area contributed by atoms with Crippen LogP contribution in [0.3, 0.4) is 0 Å². The number of ether oxygens (including phenoxy) is 1. The van der Waals surface area contributed by atoms with Crippen molar-refractivity contribution in [2.24, 2.45) is 0 Å². The fraction of sp³-hybridized carbons (Fsp3) is 0.200. The lowest BCUT2D eigenvalue weighted by Crippen LogP contribution is -2.35. The predicted octanol–water partition coefficient (Wildman–Crippen LogP) is 5.69. The van der Waals surface area contributed by atoms with Crippen LogP contribution in [0.15, 0.2) is 78.4 Å². The Morgan fingerprint density at radius 2 is 1.33 bits per heavy atom. The van der Waals surface area contributed by atoms with Gasteiger partial charge in [0.1, 0.15) is 0 Å². The molecule has 0 saturated carbocycles. The van der Waals surface area contributed by atoms with Crippen molar-refractivity contribution in [1.82, 2.24) is 0 Å². The first-order chi connectivity index (χ1) is 13.0. The van der Waals surface area contributed by atoms with Gasteiger partial charge >= 0.3 is 0 Å². The minimum Gasteiger partial charge on any atom is -0.372 e. The van der Waals surface area contributed by atoms with Crippen molar-refractivity contribution in [3.63, 3.8) is 0 Å². The maximum atomic E-state index is 6.40. The molecule has 2 heteroatoms. The lowest BCUT2D eigenvalue weighted by molar-refractivity contribution is -0.0160. The highest BCUT2D eigenvalue weighted by molar-refractivity contribution is 6.25. The number of rotatable bonds is 1. The van der Waals surface area contributed by atoms with Gasteiger partial charge in [-0.2, -0.15) is 0 Å². The lowest BCUT2D eigenvalue weighted by atomic mass is 9.72. The predicted molar refractivity (Wildman–Crippen MR) is 118 cm³/mol. The molecule has 0 aliphatic carbocycles. The summed E-state index contributed by atoms with van der Waals surface area (Å²) in [6.07, 6.45) is 3.54. The summed E-state index contributed by atoms with van der Waals surface area (Å²) in [5, 5.41) is 7.86. The van der Waals surface area contributed by atoms with E-state index in [1.165, 1.54) is 43.5 Å². The van der Waals surface area contributed by atoms with E-state index >= 15 is 0 Å². The molecule has 4 aromatic rings. The summed E-state index contributed by atoms with van der Waals surface area (Å²) < 4.78 is 6.40. The van der Waals surface area contributed by atoms with Crippen LogP contribution in [0.1, 0.15) is 25.8 Å². The molecule has 1 aliphatic rings. The van der Waals surface area contributed by atoms with E-state index in [0.717, 1.165) is 6.42 Å². The summed E-state index contributed by atoms with van der Waals surface area (Å²) >= 11 is 0. The summed E-state index contributed by atoms with van der Waals surface area (Å²) in [7, 11) is 2.19. The molecule has 27 heavy (non-hydrogen) atoms. The molecule has 5 rings (SSSR count). The van der Waals surface area contributed by atoms with Crippen LogP contribution in [0, 0.1) is 0 Å². The van der Waals surface area contributed by atoms with E-state index in [-0.39, 0.29) is 11.6 Å². The maximum Gasteiger partial charge on any atom is 0.154 e. The van der Waals surface area contributed by atoms with Gasteiger partial charge in [-0.3, -0.25) is 0 Å². The minimum absolute atomic E-state index is 0.240. The van der Waals surface area contributed by atoms with Crippen molar-refractivity contribution in [3.8, 4) is 0 Å². The molecule has 2 unspecified atom stereocenters. The third-order valence-electron chi connectivity index (χ3n) is 5.89. The fourth-order valence-corrected chi connectivity index (χ4v) is 4.84. The Labute approximate surface area is 161 Å². The van der Waals surface area contributed by atoms with Gasteiger partial charge in [-0.15, -0.1) is 0 Å². The number of hydrogen-bond donors (Lipinski definition) is 0. The molecule has 4 aromatic carbocycles. The molecular formula is C25H23BO. The van der Waals surface area contributed by atoms with Crippen LogP contribution in [0.4, 0.5) is 0 Å². The van der Waals surface area contributed by atoms with Gasteiger partial charge in [0.25, 0.3) is 0 Å². The summed E-state index contributed by atoms with van der Waals surface area (Å²) in [4.78, 5) is 0. The number of hydrogen-bond acceptors (Lipinski definition) is 1. The first kappa shape index (κ1) is 16.6. The highest BCUT2D eigenvalue weighted by atomic mass is 16.5. The van der Waals surface area contributed by atoms with Crippen LogP contribution in [-0.4, -0.2) is 14.0 Å². The molecule has 1 heterocycles. The topological polar surface area (TPSA) is 9.23 Å². The molecular weight excluding hydrogens is 327 g/mol. The average molecular weight is 350 g/mol. The van der Waals surface area contributed by atoms with Gasteiger partial charge in [-0.25, -0.2) is 0 Å². The molecule has 0 amide bonds. The average Bonchev–Trinajstić information content (AvgIpc) is 2.67. The Morgan fingerprint density at radius 3 is 1.89 bits per heavy atom. The summed E-state index contributed by atoms with van der Waals surface area (Å²) in [5.41, 5.74) is 2.25. The number of fused-ring (bicyclic) bond motifs is 6. The van der Waals surface area contributed by atoms with E-state index in [2.05, 4.69) is 94.5 Å². The Morgan fingerprint density at radius 1 is 0.815 bits per heavy atom.